The zero-order chi connectivity index (χ0) is 22.9. The van der Waals surface area contributed by atoms with Crippen LogP contribution in [0.25, 0.3) is 11.1 Å². The van der Waals surface area contributed by atoms with Crippen LogP contribution in [0.15, 0.2) is 53.3 Å². The Labute approximate surface area is 177 Å². The minimum Gasteiger partial charge on any atom is -0.478 e. The van der Waals surface area contributed by atoms with E-state index in [1.54, 1.807) is 30.3 Å². The maximum atomic E-state index is 12.3. The zero-order valence-corrected chi connectivity index (χ0v) is 17.2. The number of carbonyl (C=O) groups is 2. The number of anilines is 1. The van der Waals surface area contributed by atoms with Crippen molar-refractivity contribution in [3.63, 3.8) is 0 Å². The molecule has 0 unspecified atom stereocenters. The second-order valence-electron chi connectivity index (χ2n) is 7.98. The molecule has 3 aromatic rings. The van der Waals surface area contributed by atoms with Crippen molar-refractivity contribution in [3.8, 4) is 22.6 Å². The summed E-state index contributed by atoms with van der Waals surface area (Å²) in [6, 6.07) is 13.6. The van der Waals surface area contributed by atoms with Crippen LogP contribution in [0, 0.1) is 0 Å². The number of H-pyrrole nitrogens is 1. The normalized spacial score (nSPS) is 11.2. The lowest BCUT2D eigenvalue weighted by Gasteiger charge is -2.19. The average molecular weight is 422 g/mol. The maximum Gasteiger partial charge on any atom is 0.342 e. The first-order chi connectivity index (χ1) is 14.5. The number of hydrogen-bond donors (Lipinski definition) is 4. The lowest BCUT2D eigenvalue weighted by Crippen LogP contribution is -2.24. The number of aromatic amines is 1. The Bertz CT molecular complexity index is 1220. The number of nitrogens with two attached hydrogens (primary N) is 1. The third-order valence-corrected chi connectivity index (χ3v) is 4.78. The van der Waals surface area contributed by atoms with Gasteiger partial charge in [-0.2, -0.15) is 0 Å². The number of carboxylic acids is 2. The van der Waals surface area contributed by atoms with E-state index in [0.29, 0.717) is 5.75 Å². The number of nitrogen functional groups attached to an aromatic ring is 1. The Kier molecular flexibility index (Phi) is 5.57. The van der Waals surface area contributed by atoms with Gasteiger partial charge in [0.1, 0.15) is 28.4 Å². The van der Waals surface area contributed by atoms with Gasteiger partial charge in [0.25, 0.3) is 5.56 Å². The number of benzene rings is 2. The topological polar surface area (TPSA) is 143 Å². The summed E-state index contributed by atoms with van der Waals surface area (Å²) in [5.74, 6) is -2.85. The molecular weight excluding hydrogens is 400 g/mol. The van der Waals surface area contributed by atoms with Gasteiger partial charge in [-0.25, -0.2) is 9.59 Å². The smallest absolute Gasteiger partial charge is 0.342 e. The van der Waals surface area contributed by atoms with Gasteiger partial charge in [0.15, 0.2) is 0 Å². The van der Waals surface area contributed by atoms with E-state index in [2.05, 4.69) is 25.8 Å². The molecule has 0 radical (unpaired) electrons. The SMILES string of the molecule is CC(C)(C)c1ccc(Oc2ccccc2-c2c(C(=O)O)c(N)[nH]c(=O)c2C(=O)O)cc1. The second kappa shape index (κ2) is 7.98. The summed E-state index contributed by atoms with van der Waals surface area (Å²) < 4.78 is 5.94. The molecule has 1 heterocycles. The molecule has 0 fully saturated rings. The molecule has 8 nitrogen and oxygen atoms in total. The fourth-order valence-corrected chi connectivity index (χ4v) is 3.23. The molecular formula is C23H22N2O6. The third kappa shape index (κ3) is 4.28. The number of para-hydroxylation sites is 1. The van der Waals surface area contributed by atoms with Gasteiger partial charge in [0.05, 0.1) is 0 Å². The number of pyridine rings is 1. The Morgan fingerprint density at radius 1 is 0.935 bits per heavy atom. The van der Waals surface area contributed by atoms with Crippen LogP contribution in [0.1, 0.15) is 47.1 Å². The zero-order valence-electron chi connectivity index (χ0n) is 17.2. The average Bonchev–Trinajstić information content (AvgIpc) is 2.67. The lowest BCUT2D eigenvalue weighted by atomic mass is 9.87. The van der Waals surface area contributed by atoms with E-state index in [9.17, 15) is 24.6 Å². The highest BCUT2D eigenvalue weighted by Crippen LogP contribution is 2.38. The van der Waals surface area contributed by atoms with Crippen molar-refractivity contribution in [2.75, 3.05) is 5.73 Å². The van der Waals surface area contributed by atoms with E-state index in [0.717, 1.165) is 5.56 Å². The highest BCUT2D eigenvalue weighted by molar-refractivity contribution is 6.08. The minimum absolute atomic E-state index is 0.0498. The van der Waals surface area contributed by atoms with Crippen LogP contribution in [-0.2, 0) is 5.41 Å². The highest BCUT2D eigenvalue weighted by atomic mass is 16.5. The molecule has 0 spiro atoms. The number of aromatic carboxylic acids is 2. The molecule has 0 atom stereocenters. The largest absolute Gasteiger partial charge is 0.478 e. The first kappa shape index (κ1) is 21.6. The van der Waals surface area contributed by atoms with Crippen molar-refractivity contribution in [1.29, 1.82) is 0 Å². The molecule has 5 N–H and O–H groups in total. The summed E-state index contributed by atoms with van der Waals surface area (Å²) in [4.78, 5) is 38.1. The van der Waals surface area contributed by atoms with Gasteiger partial charge in [0.2, 0.25) is 0 Å². The Hall–Kier alpha value is -4.07. The lowest BCUT2D eigenvalue weighted by molar-refractivity contribution is 0.0695. The Balaban J connectivity index is 2.20. The maximum absolute atomic E-state index is 12.3. The molecule has 31 heavy (non-hydrogen) atoms. The predicted molar refractivity (Wildman–Crippen MR) is 116 cm³/mol. The van der Waals surface area contributed by atoms with Crippen LogP contribution >= 0.6 is 0 Å². The summed E-state index contributed by atoms with van der Waals surface area (Å²) in [5.41, 5.74) is 4.31. The second-order valence-corrected chi connectivity index (χ2v) is 7.98. The Morgan fingerprint density at radius 2 is 1.52 bits per heavy atom. The molecule has 160 valence electrons. The quantitative estimate of drug-likeness (QED) is 0.484. The molecule has 3 rings (SSSR count). The molecule has 0 aliphatic heterocycles. The van der Waals surface area contributed by atoms with Crippen molar-refractivity contribution in [2.24, 2.45) is 0 Å². The van der Waals surface area contributed by atoms with Crippen LogP contribution in [0.4, 0.5) is 5.82 Å². The summed E-state index contributed by atoms with van der Waals surface area (Å²) in [5, 5.41) is 19.3. The highest BCUT2D eigenvalue weighted by Gasteiger charge is 2.28. The van der Waals surface area contributed by atoms with E-state index in [-0.39, 0.29) is 22.3 Å². The van der Waals surface area contributed by atoms with Crippen molar-refractivity contribution < 1.29 is 24.5 Å². The molecule has 0 aliphatic rings. The van der Waals surface area contributed by atoms with Gasteiger partial charge in [-0.1, -0.05) is 51.1 Å². The van der Waals surface area contributed by atoms with E-state index in [1.807, 2.05) is 12.1 Å². The van der Waals surface area contributed by atoms with Crippen LogP contribution < -0.4 is 16.0 Å². The number of carboxylic acid groups (broad SMARTS) is 2. The van der Waals surface area contributed by atoms with Gasteiger partial charge in [-0.3, -0.25) is 4.79 Å². The van der Waals surface area contributed by atoms with Gasteiger partial charge in [-0.15, -0.1) is 0 Å². The number of ether oxygens (including phenoxy) is 1. The molecule has 1 aromatic heterocycles. The first-order valence-corrected chi connectivity index (χ1v) is 9.41. The van der Waals surface area contributed by atoms with Crippen LogP contribution in [0.5, 0.6) is 11.5 Å². The van der Waals surface area contributed by atoms with Gasteiger partial charge >= 0.3 is 11.9 Å². The van der Waals surface area contributed by atoms with Crippen molar-refractivity contribution in [1.82, 2.24) is 4.98 Å². The predicted octanol–water partition coefficient (Wildman–Crippen LogP) is 4.11. The molecule has 8 heteroatoms. The van der Waals surface area contributed by atoms with Crippen molar-refractivity contribution in [2.45, 2.75) is 26.2 Å². The molecule has 0 bridgehead atoms. The standard InChI is InChI=1S/C23H22N2O6/c1-23(2,3)12-8-10-13(11-9-12)31-15-7-5-4-6-14(15)16-17(21(27)28)19(24)25-20(26)18(16)22(29)30/h4-11H,1-3H3,(H,27,28)(H,29,30)(H3,24,25,26). The van der Waals surface area contributed by atoms with E-state index in [1.165, 1.54) is 6.07 Å². The summed E-state index contributed by atoms with van der Waals surface area (Å²) in [6.45, 7) is 6.24. The fraction of sp³-hybridized carbons (Fsp3) is 0.174. The fourth-order valence-electron chi connectivity index (χ4n) is 3.23. The van der Waals surface area contributed by atoms with Gasteiger partial charge in [-0.05, 0) is 29.2 Å². The van der Waals surface area contributed by atoms with Crippen LogP contribution in [0.3, 0.4) is 0 Å². The third-order valence-electron chi connectivity index (χ3n) is 4.78. The number of aromatic nitrogens is 1. The summed E-state index contributed by atoms with van der Waals surface area (Å²) in [6.07, 6.45) is 0. The molecule has 0 saturated heterocycles. The molecule has 0 aliphatic carbocycles. The summed E-state index contributed by atoms with van der Waals surface area (Å²) in [7, 11) is 0. The van der Waals surface area contributed by atoms with Crippen molar-refractivity contribution >= 4 is 17.8 Å². The van der Waals surface area contributed by atoms with Gasteiger partial charge < -0.3 is 25.7 Å². The number of rotatable bonds is 5. The number of nitrogens with one attached hydrogen (secondary N) is 1. The van der Waals surface area contributed by atoms with E-state index >= 15 is 0 Å². The van der Waals surface area contributed by atoms with E-state index < -0.39 is 34.4 Å². The van der Waals surface area contributed by atoms with Gasteiger partial charge in [0, 0.05) is 11.1 Å². The molecule has 0 amide bonds. The van der Waals surface area contributed by atoms with Crippen molar-refractivity contribution in [3.05, 3.63) is 75.6 Å². The number of hydrogen-bond acceptors (Lipinski definition) is 5. The summed E-state index contributed by atoms with van der Waals surface area (Å²) >= 11 is 0. The first-order valence-electron chi connectivity index (χ1n) is 9.41. The Morgan fingerprint density at radius 3 is 2.06 bits per heavy atom. The molecule has 2 aromatic carbocycles. The minimum atomic E-state index is -1.58. The van der Waals surface area contributed by atoms with Crippen LogP contribution in [0.2, 0.25) is 0 Å². The molecule has 0 saturated carbocycles. The van der Waals surface area contributed by atoms with Crippen LogP contribution in [-0.4, -0.2) is 27.1 Å². The van der Waals surface area contributed by atoms with E-state index in [4.69, 9.17) is 10.5 Å². The monoisotopic (exact) mass is 422 g/mol.